The summed E-state index contributed by atoms with van der Waals surface area (Å²) in [5.74, 6) is 0.561. The van der Waals surface area contributed by atoms with Gasteiger partial charge < -0.3 is 47.4 Å². The first-order chi connectivity index (χ1) is 30.6. The molecule has 3 heterocycles. The monoisotopic (exact) mass is 885 g/mol. The molecule has 0 N–H and O–H groups in total. The van der Waals surface area contributed by atoms with Crippen LogP contribution in [-0.2, 0) is 46.1 Å². The van der Waals surface area contributed by atoms with Gasteiger partial charge in [-0.1, -0.05) is 60.7 Å². The van der Waals surface area contributed by atoms with Crippen LogP contribution in [0.3, 0.4) is 0 Å². The number of amides is 2. The molecule has 2 aromatic carbocycles. The molecule has 0 spiro atoms. The van der Waals surface area contributed by atoms with Gasteiger partial charge in [-0.05, 0) is 59.2 Å². The van der Waals surface area contributed by atoms with E-state index in [-0.39, 0.29) is 64.1 Å². The zero-order valence-electron chi connectivity index (χ0n) is 38.2. The van der Waals surface area contributed by atoms with Gasteiger partial charge in [0.05, 0.1) is 83.3 Å². The van der Waals surface area contributed by atoms with Crippen molar-refractivity contribution in [1.82, 2.24) is 24.2 Å². The number of furan rings is 1. The second kappa shape index (κ2) is 24.3. The van der Waals surface area contributed by atoms with Crippen molar-refractivity contribution in [1.29, 1.82) is 0 Å². The number of hydrogen-bond donors (Lipinski definition) is 0. The molecule has 16 nitrogen and oxygen atoms in total. The van der Waals surface area contributed by atoms with Gasteiger partial charge in [-0.3, -0.25) is 9.20 Å². The lowest BCUT2D eigenvalue weighted by atomic mass is 10.1. The highest BCUT2D eigenvalue weighted by Crippen LogP contribution is 2.30. The largest absolute Gasteiger partial charge is 0.469 e. The molecule has 2 amide bonds. The van der Waals surface area contributed by atoms with Crippen molar-refractivity contribution in [3.63, 3.8) is 0 Å². The quantitative estimate of drug-likeness (QED) is 0.0439. The molecule has 0 aliphatic heterocycles. The molecule has 16 heteroatoms. The van der Waals surface area contributed by atoms with Crippen LogP contribution >= 0.6 is 0 Å². The minimum Gasteiger partial charge on any atom is -0.469 e. The summed E-state index contributed by atoms with van der Waals surface area (Å²) in [6.07, 6.45) is 3.17. The van der Waals surface area contributed by atoms with E-state index in [1.165, 1.54) is 9.80 Å². The maximum Gasteiger partial charge on any atom is 0.416 e. The van der Waals surface area contributed by atoms with Gasteiger partial charge in [-0.15, -0.1) is 0 Å². The topological polar surface area (TPSA) is 166 Å². The second-order valence-electron chi connectivity index (χ2n) is 17.0. The van der Waals surface area contributed by atoms with Crippen molar-refractivity contribution in [2.45, 2.75) is 72.0 Å². The Morgan fingerprint density at radius 1 is 0.641 bits per heavy atom. The number of nitrogens with zero attached hydrogens (tertiary/aromatic N) is 5. The Labute approximate surface area is 375 Å². The van der Waals surface area contributed by atoms with Gasteiger partial charge in [0.25, 0.3) is 0 Å². The first kappa shape index (κ1) is 49.2. The molecule has 0 aliphatic rings. The number of rotatable bonds is 24. The third-order valence-corrected chi connectivity index (χ3v) is 9.25. The van der Waals surface area contributed by atoms with E-state index in [1.807, 2.05) is 93.7 Å². The van der Waals surface area contributed by atoms with Crippen LogP contribution in [-0.4, -0.2) is 133 Å². The van der Waals surface area contributed by atoms with Crippen LogP contribution in [0.2, 0.25) is 0 Å². The van der Waals surface area contributed by atoms with Crippen LogP contribution in [0.4, 0.5) is 9.59 Å². The number of ether oxygens (including phenoxy) is 7. The number of carbonyl (C=O) groups is 3. The normalized spacial score (nSPS) is 11.7. The van der Waals surface area contributed by atoms with Gasteiger partial charge in [0.2, 0.25) is 5.88 Å². The number of likely N-dealkylation sites (N-methyl/N-ethyl adjacent to an activating group) is 1. The van der Waals surface area contributed by atoms with Crippen LogP contribution in [0, 0.1) is 0 Å². The van der Waals surface area contributed by atoms with Gasteiger partial charge >= 0.3 is 18.2 Å². The Balaban J connectivity index is 1.24. The lowest BCUT2D eigenvalue weighted by molar-refractivity contribution is -0.156. The molecule has 346 valence electrons. The molecule has 0 radical (unpaired) electrons. The van der Waals surface area contributed by atoms with Crippen molar-refractivity contribution in [2.75, 3.05) is 79.5 Å². The van der Waals surface area contributed by atoms with E-state index in [9.17, 15) is 14.4 Å². The van der Waals surface area contributed by atoms with Crippen LogP contribution < -0.4 is 4.74 Å². The van der Waals surface area contributed by atoms with E-state index in [0.29, 0.717) is 67.9 Å². The van der Waals surface area contributed by atoms with E-state index in [2.05, 4.69) is 0 Å². The van der Waals surface area contributed by atoms with Gasteiger partial charge in [0.1, 0.15) is 22.7 Å². The Bertz CT molecular complexity index is 2180. The van der Waals surface area contributed by atoms with Crippen molar-refractivity contribution in [3.05, 3.63) is 108 Å². The van der Waals surface area contributed by atoms with Gasteiger partial charge in [-0.2, -0.15) is 0 Å². The molecule has 0 unspecified atom stereocenters. The maximum atomic E-state index is 14.3. The number of benzene rings is 2. The lowest BCUT2D eigenvalue weighted by Gasteiger charge is -2.27. The second-order valence-corrected chi connectivity index (χ2v) is 17.0. The number of fused-ring (bicyclic) bond motifs is 1. The molecule has 0 bridgehead atoms. The SMILES string of the molecule is CN(CCN(CCOCCOCCOCCOCCC(=O)OC(C)(C)C)C(=O)Oc1c(Cc2ccco2)nc2c(Cc3ccccc3)nc(-c3ccccc3)cn12)C(=O)OC(C)(C)C. The molecular weight excluding hydrogens is 823 g/mol. The molecule has 64 heavy (non-hydrogen) atoms. The number of hydrogen-bond acceptors (Lipinski definition) is 13. The molecule has 0 saturated heterocycles. The molecule has 0 fully saturated rings. The van der Waals surface area contributed by atoms with Gasteiger partial charge in [0.15, 0.2) is 5.65 Å². The van der Waals surface area contributed by atoms with Crippen LogP contribution in [0.1, 0.15) is 70.7 Å². The lowest BCUT2D eigenvalue weighted by Crippen LogP contribution is -2.43. The molecule has 0 atom stereocenters. The summed E-state index contributed by atoms with van der Waals surface area (Å²) in [6, 6.07) is 23.4. The zero-order valence-corrected chi connectivity index (χ0v) is 38.2. The summed E-state index contributed by atoms with van der Waals surface area (Å²) >= 11 is 0. The molecule has 5 aromatic rings. The summed E-state index contributed by atoms with van der Waals surface area (Å²) in [5.41, 5.74) is 3.13. The first-order valence-corrected chi connectivity index (χ1v) is 21.6. The first-order valence-electron chi connectivity index (χ1n) is 21.6. The van der Waals surface area contributed by atoms with Crippen molar-refractivity contribution < 1.29 is 52.0 Å². The minimum absolute atomic E-state index is 0.122. The van der Waals surface area contributed by atoms with Crippen LogP contribution in [0.15, 0.2) is 89.7 Å². The Morgan fingerprint density at radius 2 is 1.25 bits per heavy atom. The molecule has 5 rings (SSSR count). The van der Waals surface area contributed by atoms with E-state index in [4.69, 9.17) is 47.5 Å². The fourth-order valence-electron chi connectivity index (χ4n) is 6.22. The highest BCUT2D eigenvalue weighted by atomic mass is 16.6. The third-order valence-electron chi connectivity index (χ3n) is 9.25. The zero-order chi connectivity index (χ0) is 46.0. The number of carbonyl (C=O) groups excluding carboxylic acids is 3. The number of esters is 1. The molecule has 3 aromatic heterocycles. The highest BCUT2D eigenvalue weighted by Gasteiger charge is 2.27. The van der Waals surface area contributed by atoms with Gasteiger partial charge in [-0.25, -0.2) is 19.6 Å². The summed E-state index contributed by atoms with van der Waals surface area (Å²) < 4.78 is 47.2. The van der Waals surface area contributed by atoms with E-state index in [1.54, 1.807) is 44.5 Å². The average Bonchev–Trinajstić information content (AvgIpc) is 3.89. The summed E-state index contributed by atoms with van der Waals surface area (Å²) in [4.78, 5) is 52.0. The number of imidazole rings is 1. The highest BCUT2D eigenvalue weighted by molar-refractivity contribution is 5.72. The number of aromatic nitrogens is 3. The smallest absolute Gasteiger partial charge is 0.416 e. The van der Waals surface area contributed by atoms with Crippen molar-refractivity contribution in [2.24, 2.45) is 0 Å². The molecular formula is C48H63N5O11. The summed E-state index contributed by atoms with van der Waals surface area (Å²) in [6.45, 7) is 13.7. The Hall–Kier alpha value is -5.81. The fraction of sp³-hybridized carbons (Fsp3) is 0.479. The molecule has 0 aliphatic carbocycles. The predicted octanol–water partition coefficient (Wildman–Crippen LogP) is 7.64. The Kier molecular flexibility index (Phi) is 18.7. The van der Waals surface area contributed by atoms with Crippen molar-refractivity contribution in [3.8, 4) is 17.1 Å². The predicted molar refractivity (Wildman–Crippen MR) is 239 cm³/mol. The minimum atomic E-state index is -0.689. The summed E-state index contributed by atoms with van der Waals surface area (Å²) in [5, 5.41) is 0. The van der Waals surface area contributed by atoms with Gasteiger partial charge in [0, 0.05) is 44.9 Å². The maximum absolute atomic E-state index is 14.3. The standard InChI is InChI=1S/C48H63N5O11/c1-47(2,3)63-42(54)20-25-57-27-29-59-31-32-60-30-28-58-26-23-52(22-21-51(7)45(55)64-48(4,5)6)46(56)62-44-40(34-38-19-14-24-61-38)50-43-39(33-36-15-10-8-11-16-36)49-41(35-53(43)44)37-17-12-9-13-18-37/h8-19,24,35H,20-23,25-34H2,1-7H3. The molecule has 0 saturated carbocycles. The van der Waals surface area contributed by atoms with Crippen LogP contribution in [0.25, 0.3) is 16.9 Å². The third kappa shape index (κ3) is 16.7. The fourth-order valence-corrected chi connectivity index (χ4v) is 6.22. The van der Waals surface area contributed by atoms with E-state index in [0.717, 1.165) is 11.1 Å². The summed E-state index contributed by atoms with van der Waals surface area (Å²) in [7, 11) is 1.62. The van der Waals surface area contributed by atoms with E-state index >= 15 is 0 Å². The van der Waals surface area contributed by atoms with Crippen LogP contribution in [0.5, 0.6) is 5.88 Å². The average molecular weight is 886 g/mol. The Morgan fingerprint density at radius 3 is 1.86 bits per heavy atom. The van der Waals surface area contributed by atoms with E-state index < -0.39 is 23.4 Å². The van der Waals surface area contributed by atoms with Crippen molar-refractivity contribution >= 4 is 23.8 Å².